The fraction of sp³-hybridized carbons (Fsp3) is 0.754. The Bertz CT molecular complexity index is 2360. The molecule has 68 heavy (non-hydrogen) atoms. The molecule has 10 nitrogen and oxygen atoms in total. The molecule has 2 fully saturated rings. The first-order valence-electron chi connectivity index (χ1n) is 26.3. The van der Waals surface area contributed by atoms with Crippen LogP contribution in [0.4, 0.5) is 0 Å². The summed E-state index contributed by atoms with van der Waals surface area (Å²) in [6.45, 7) is 58.3. The lowest BCUT2D eigenvalue weighted by molar-refractivity contribution is -0.137. The van der Waals surface area contributed by atoms with Crippen molar-refractivity contribution >= 4 is 23.1 Å². The molecular weight excluding hydrogens is 859 g/mol. The molecule has 0 aromatic carbocycles. The number of hydrogen-bond acceptors (Lipinski definition) is 6. The van der Waals surface area contributed by atoms with Gasteiger partial charge < -0.3 is 18.9 Å². The van der Waals surface area contributed by atoms with E-state index >= 15 is 0 Å². The summed E-state index contributed by atoms with van der Waals surface area (Å²) in [5.74, 6) is 4.19. The molecule has 0 bridgehead atoms. The zero-order valence-corrected chi connectivity index (χ0v) is 48.4. The minimum atomic E-state index is 0.200. The minimum Gasteiger partial charge on any atom is -0.335 e. The summed E-state index contributed by atoms with van der Waals surface area (Å²) in [7, 11) is 0. The molecule has 7 aliphatic heterocycles. The Labute approximate surface area is 418 Å². The Morgan fingerprint density at radius 2 is 1.00 bits per heavy atom. The first-order chi connectivity index (χ1) is 31.0. The molecule has 0 radical (unpaired) electrons. The topological polar surface area (TPSA) is 89.9 Å². The Morgan fingerprint density at radius 3 is 1.50 bits per heavy atom. The normalized spacial score (nSPS) is 26.4. The van der Waals surface area contributed by atoms with Crippen LogP contribution in [0.25, 0.3) is 0 Å². The third-order valence-electron chi connectivity index (χ3n) is 18.2. The molecule has 3 aromatic rings. The highest BCUT2D eigenvalue weighted by Crippen LogP contribution is 2.56. The Hall–Kier alpha value is -3.60. The van der Waals surface area contributed by atoms with Gasteiger partial charge in [-0.3, -0.25) is 4.79 Å². The van der Waals surface area contributed by atoms with E-state index in [2.05, 4.69) is 219 Å². The van der Waals surface area contributed by atoms with Crippen molar-refractivity contribution in [2.24, 2.45) is 22.7 Å². The van der Waals surface area contributed by atoms with E-state index in [0.717, 1.165) is 11.4 Å². The quantitative estimate of drug-likeness (QED) is 0.235. The van der Waals surface area contributed by atoms with Gasteiger partial charge in [-0.05, 0) is 82.3 Å². The fourth-order valence-electron chi connectivity index (χ4n) is 12.2. The van der Waals surface area contributed by atoms with Crippen LogP contribution in [0.15, 0.2) is 28.9 Å². The molecule has 3 aromatic heterocycles. The molecular formula is C57H93N9OS. The van der Waals surface area contributed by atoms with Crippen LogP contribution in [0.1, 0.15) is 262 Å². The Balaban J connectivity index is 0.000000140. The molecule has 0 N–H and O–H groups in total. The molecule has 2 saturated heterocycles. The fourth-order valence-corrected chi connectivity index (χ4v) is 12.6. The van der Waals surface area contributed by atoms with Gasteiger partial charge >= 0.3 is 0 Å². The maximum Gasteiger partial charge on any atom is 0.231 e. The maximum atomic E-state index is 11.7. The van der Waals surface area contributed by atoms with Crippen molar-refractivity contribution in [2.45, 2.75) is 257 Å². The smallest absolute Gasteiger partial charge is 0.231 e. The van der Waals surface area contributed by atoms with Gasteiger partial charge in [-0.2, -0.15) is 0 Å². The average Bonchev–Trinajstić information content (AvgIpc) is 4.07. The number of nitrogens with zero attached hydrogens (tertiary/aromatic N) is 9. The van der Waals surface area contributed by atoms with Crippen LogP contribution in [-0.2, 0) is 21.0 Å². The number of fused-ring (bicyclic) bond motifs is 5. The van der Waals surface area contributed by atoms with Gasteiger partial charge in [-0.25, -0.2) is 14.6 Å². The Kier molecular flexibility index (Phi) is 14.2. The van der Waals surface area contributed by atoms with Crippen molar-refractivity contribution in [1.29, 1.82) is 0 Å². The molecule has 5 atom stereocenters. The molecule has 10 rings (SSSR count). The first kappa shape index (κ1) is 53.7. The van der Waals surface area contributed by atoms with Crippen molar-refractivity contribution < 1.29 is 4.79 Å². The largest absolute Gasteiger partial charge is 0.335 e. The monoisotopic (exact) mass is 952 g/mol. The van der Waals surface area contributed by atoms with Gasteiger partial charge in [0.15, 0.2) is 0 Å². The summed E-state index contributed by atoms with van der Waals surface area (Å²) in [5.41, 5.74) is 15.1. The van der Waals surface area contributed by atoms with Gasteiger partial charge in [0, 0.05) is 80.4 Å². The van der Waals surface area contributed by atoms with Crippen LogP contribution in [-0.4, -0.2) is 66.9 Å². The molecule has 11 heteroatoms. The van der Waals surface area contributed by atoms with Crippen molar-refractivity contribution in [3.05, 3.63) is 68.9 Å². The van der Waals surface area contributed by atoms with E-state index in [1.807, 2.05) is 11.2 Å². The standard InChI is InChI=1S/C12H20N2.C12H19NO.C12H19NS.C11H18N2.C10H17N3/c1-7(2)10-11-12(5,6)8(3)14(11)9(4)13-10;2*1-7(2)9-6-10(14)13-8(3)12(4,5)11(9)13;1-7(2)9-10-11(4,5)8(3)13(10)6-12-9;1-6(2)8-9-10(4,5)7(3)13(9)12-11-8/h7-8H,1-6H3;2*7-8H,6H2,1-5H3;6-8H,1-5H3;6-7H,1-5H3. The van der Waals surface area contributed by atoms with E-state index in [-0.39, 0.29) is 10.8 Å². The lowest BCUT2D eigenvalue weighted by Crippen LogP contribution is -2.58. The van der Waals surface area contributed by atoms with E-state index in [1.54, 1.807) is 5.57 Å². The molecule has 10 heterocycles. The third kappa shape index (κ3) is 8.10. The summed E-state index contributed by atoms with van der Waals surface area (Å²) >= 11 is 5.43. The van der Waals surface area contributed by atoms with Crippen molar-refractivity contribution in [3.63, 3.8) is 0 Å². The van der Waals surface area contributed by atoms with E-state index in [9.17, 15) is 4.79 Å². The lowest BCUT2D eigenvalue weighted by Gasteiger charge is -2.54. The van der Waals surface area contributed by atoms with Crippen LogP contribution in [0.5, 0.6) is 0 Å². The van der Waals surface area contributed by atoms with Crippen LogP contribution >= 0.6 is 12.2 Å². The van der Waals surface area contributed by atoms with Gasteiger partial charge in [0.1, 0.15) is 5.82 Å². The molecule has 378 valence electrons. The second kappa shape index (κ2) is 17.9. The number of rotatable bonds is 5. The van der Waals surface area contributed by atoms with Gasteiger partial charge in [-0.15, -0.1) is 5.10 Å². The number of aromatic nitrogens is 7. The third-order valence-corrected chi connectivity index (χ3v) is 18.6. The number of hydrogen-bond donors (Lipinski definition) is 0. The number of carbonyl (C=O) groups excluding carboxylic acids is 1. The van der Waals surface area contributed by atoms with Crippen molar-refractivity contribution in [1.82, 2.24) is 43.9 Å². The van der Waals surface area contributed by atoms with Crippen LogP contribution in [0.2, 0.25) is 0 Å². The minimum absolute atomic E-state index is 0.200. The van der Waals surface area contributed by atoms with E-state index in [4.69, 9.17) is 12.2 Å². The predicted molar refractivity (Wildman–Crippen MR) is 285 cm³/mol. The second-order valence-corrected chi connectivity index (χ2v) is 26.3. The zero-order valence-electron chi connectivity index (χ0n) is 47.6. The van der Waals surface area contributed by atoms with Crippen molar-refractivity contribution in [3.8, 4) is 0 Å². The highest BCUT2D eigenvalue weighted by molar-refractivity contribution is 7.80. The van der Waals surface area contributed by atoms with Crippen LogP contribution in [0, 0.1) is 29.6 Å². The first-order valence-corrected chi connectivity index (χ1v) is 26.7. The second-order valence-electron chi connectivity index (χ2n) is 25.8. The van der Waals surface area contributed by atoms with E-state index < -0.39 is 0 Å². The number of thiocarbonyl (C=S) groups is 1. The van der Waals surface area contributed by atoms with Crippen LogP contribution < -0.4 is 0 Å². The summed E-state index contributed by atoms with van der Waals surface area (Å²) in [6, 6.07) is 2.64. The van der Waals surface area contributed by atoms with Crippen molar-refractivity contribution in [2.75, 3.05) is 0 Å². The number of imidazole rings is 2. The SMILES string of the molecule is CC(C)C1=C2N(C(=O)C1)C(C)C2(C)C.CC(C)C1=C2N(C(=S)C1)C(C)C2(C)C.CC(C)c1ncn2c1C(C)(C)C2C.CC(C)c1nnn2c1C(C)(C)C2C.Cc1nc(C(C)C)c2n1C(C)C2(C)C. The van der Waals surface area contributed by atoms with E-state index in [1.165, 1.54) is 57.0 Å². The summed E-state index contributed by atoms with van der Waals surface area (Å²) in [5, 5.41) is 8.40. The lowest BCUT2D eigenvalue weighted by atomic mass is 9.71. The Morgan fingerprint density at radius 1 is 0.544 bits per heavy atom. The summed E-state index contributed by atoms with van der Waals surface area (Å²) in [4.78, 5) is 26.4. The highest BCUT2D eigenvalue weighted by atomic mass is 32.1. The summed E-state index contributed by atoms with van der Waals surface area (Å²) in [6.07, 6.45) is 3.66. The highest BCUT2D eigenvalue weighted by Gasteiger charge is 2.56. The van der Waals surface area contributed by atoms with E-state index in [0.29, 0.717) is 88.4 Å². The number of aryl methyl sites for hydroxylation is 1. The zero-order chi connectivity index (χ0) is 51.6. The van der Waals surface area contributed by atoms with Crippen LogP contribution in [0.3, 0.4) is 0 Å². The number of amides is 1. The molecule has 0 spiro atoms. The number of carbonyl (C=O) groups is 1. The van der Waals surface area contributed by atoms with Gasteiger partial charge in [-0.1, -0.05) is 156 Å². The molecule has 1 amide bonds. The molecule has 0 saturated carbocycles. The molecule has 0 aliphatic carbocycles. The predicted octanol–water partition coefficient (Wildman–Crippen LogP) is 14.2. The average molecular weight is 952 g/mol. The van der Waals surface area contributed by atoms with Gasteiger partial charge in [0.05, 0.1) is 46.6 Å². The van der Waals surface area contributed by atoms with Gasteiger partial charge in [0.25, 0.3) is 0 Å². The molecule has 7 aliphatic rings. The summed E-state index contributed by atoms with van der Waals surface area (Å²) < 4.78 is 6.74. The maximum absolute atomic E-state index is 11.7. The molecule has 5 unspecified atom stereocenters. The van der Waals surface area contributed by atoms with Gasteiger partial charge in [0.2, 0.25) is 5.91 Å².